The molecule has 0 aliphatic heterocycles. The summed E-state index contributed by atoms with van der Waals surface area (Å²) in [5, 5.41) is 1.48. The highest BCUT2D eigenvalue weighted by molar-refractivity contribution is 5.86. The number of nitrogens with zero attached hydrogens (tertiary/aromatic N) is 2. The number of rotatable bonds is 3. The first-order valence-electron chi connectivity index (χ1n) is 8.33. The van der Waals surface area contributed by atoms with E-state index < -0.39 is 0 Å². The van der Waals surface area contributed by atoms with Crippen molar-refractivity contribution in [2.75, 3.05) is 0 Å². The van der Waals surface area contributed by atoms with E-state index in [1.807, 2.05) is 12.3 Å². The highest BCUT2D eigenvalue weighted by Gasteiger charge is 2.19. The van der Waals surface area contributed by atoms with Crippen molar-refractivity contribution < 1.29 is 0 Å². The Kier molecular flexibility index (Phi) is 3.45. The summed E-state index contributed by atoms with van der Waals surface area (Å²) in [4.78, 5) is 4.47. The molecule has 0 saturated carbocycles. The van der Waals surface area contributed by atoms with Crippen molar-refractivity contribution in [2.24, 2.45) is 0 Å². The largest absolute Gasteiger partial charge is 0.344 e. The van der Waals surface area contributed by atoms with Crippen molar-refractivity contribution in [3.63, 3.8) is 0 Å². The monoisotopic (exact) mass is 290 g/mol. The van der Waals surface area contributed by atoms with Crippen LogP contribution in [-0.4, -0.2) is 9.55 Å². The van der Waals surface area contributed by atoms with Crippen LogP contribution >= 0.6 is 0 Å². The summed E-state index contributed by atoms with van der Waals surface area (Å²) in [6.07, 6.45) is 8.02. The molecule has 0 amide bonds. The molecule has 0 saturated heterocycles. The van der Waals surface area contributed by atoms with E-state index in [-0.39, 0.29) is 0 Å². The smallest absolute Gasteiger partial charge is 0.0485 e. The fourth-order valence-electron chi connectivity index (χ4n) is 3.78. The van der Waals surface area contributed by atoms with Gasteiger partial charge in [0.2, 0.25) is 0 Å². The first kappa shape index (κ1) is 13.6. The van der Waals surface area contributed by atoms with Crippen LogP contribution < -0.4 is 0 Å². The molecular formula is C20H22N2. The van der Waals surface area contributed by atoms with Crippen molar-refractivity contribution in [2.45, 2.75) is 45.6 Å². The van der Waals surface area contributed by atoms with E-state index in [9.17, 15) is 0 Å². The van der Waals surface area contributed by atoms with Crippen molar-refractivity contribution >= 4 is 10.9 Å². The van der Waals surface area contributed by atoms with Crippen molar-refractivity contribution in [1.29, 1.82) is 0 Å². The number of aryl methyl sites for hydroxylation is 4. The molecular weight excluding hydrogens is 268 g/mol. The van der Waals surface area contributed by atoms with Gasteiger partial charge in [-0.25, -0.2) is 0 Å². The second kappa shape index (κ2) is 5.60. The zero-order valence-corrected chi connectivity index (χ0v) is 13.2. The maximum absolute atomic E-state index is 4.47. The van der Waals surface area contributed by atoms with Gasteiger partial charge in [-0.1, -0.05) is 17.7 Å². The highest BCUT2D eigenvalue weighted by atomic mass is 15.0. The fourth-order valence-corrected chi connectivity index (χ4v) is 3.78. The summed E-state index contributed by atoms with van der Waals surface area (Å²) < 4.78 is 2.55. The lowest BCUT2D eigenvalue weighted by Crippen LogP contribution is -2.10. The van der Waals surface area contributed by atoms with E-state index in [1.165, 1.54) is 47.8 Å². The van der Waals surface area contributed by atoms with Gasteiger partial charge in [-0.15, -0.1) is 0 Å². The van der Waals surface area contributed by atoms with E-state index in [0.29, 0.717) is 0 Å². The average Bonchev–Trinajstić information content (AvgIpc) is 2.87. The Hall–Kier alpha value is -2.09. The van der Waals surface area contributed by atoms with Gasteiger partial charge < -0.3 is 4.57 Å². The van der Waals surface area contributed by atoms with Crippen LogP contribution in [0.3, 0.4) is 0 Å². The van der Waals surface area contributed by atoms with E-state index in [2.05, 4.69) is 46.8 Å². The Labute approximate surface area is 131 Å². The molecule has 22 heavy (non-hydrogen) atoms. The number of pyridine rings is 1. The minimum absolute atomic E-state index is 1.00. The van der Waals surface area contributed by atoms with Crippen LogP contribution in [0, 0.1) is 6.92 Å². The molecule has 0 atom stereocenters. The molecule has 1 aliphatic rings. The summed E-state index contributed by atoms with van der Waals surface area (Å²) in [7, 11) is 0. The van der Waals surface area contributed by atoms with Crippen LogP contribution in [0.4, 0.5) is 0 Å². The third-order valence-electron chi connectivity index (χ3n) is 4.85. The van der Waals surface area contributed by atoms with Gasteiger partial charge in [0.1, 0.15) is 0 Å². The lowest BCUT2D eigenvalue weighted by Gasteiger charge is -2.16. The Morgan fingerprint density at radius 1 is 1.09 bits per heavy atom. The number of hydrogen-bond acceptors (Lipinski definition) is 1. The molecule has 0 N–H and O–H groups in total. The van der Waals surface area contributed by atoms with Crippen molar-refractivity contribution in [1.82, 2.24) is 9.55 Å². The Morgan fingerprint density at radius 2 is 2.00 bits per heavy atom. The number of fused-ring (bicyclic) bond motifs is 3. The third kappa shape index (κ3) is 2.33. The molecule has 0 fully saturated rings. The number of aromatic nitrogens is 2. The lowest BCUT2D eigenvalue weighted by molar-refractivity contribution is 0.609. The summed E-state index contributed by atoms with van der Waals surface area (Å²) in [5.41, 5.74) is 7.13. The van der Waals surface area contributed by atoms with Gasteiger partial charge in [0.25, 0.3) is 0 Å². The first-order chi connectivity index (χ1) is 10.8. The van der Waals surface area contributed by atoms with Gasteiger partial charge >= 0.3 is 0 Å². The summed E-state index contributed by atoms with van der Waals surface area (Å²) >= 11 is 0. The second-order valence-electron chi connectivity index (χ2n) is 6.38. The zero-order valence-electron chi connectivity index (χ0n) is 13.2. The molecule has 112 valence electrons. The van der Waals surface area contributed by atoms with Crippen molar-refractivity contribution in [3.8, 4) is 0 Å². The predicted octanol–water partition coefficient (Wildman–Crippen LogP) is 4.47. The summed E-state index contributed by atoms with van der Waals surface area (Å²) in [5.74, 6) is 0. The molecule has 1 aliphatic carbocycles. The Balaban J connectivity index is 1.76. The molecule has 0 radical (unpaired) electrons. The third-order valence-corrected chi connectivity index (χ3v) is 4.85. The van der Waals surface area contributed by atoms with Crippen molar-refractivity contribution in [3.05, 3.63) is 65.1 Å². The van der Waals surface area contributed by atoms with Crippen LogP contribution in [0.25, 0.3) is 10.9 Å². The minimum Gasteiger partial charge on any atom is -0.344 e. The summed E-state index contributed by atoms with van der Waals surface area (Å²) in [6.45, 7) is 3.23. The first-order valence-corrected chi connectivity index (χ1v) is 8.33. The zero-order chi connectivity index (χ0) is 14.9. The van der Waals surface area contributed by atoms with E-state index in [1.54, 1.807) is 11.3 Å². The van der Waals surface area contributed by atoms with E-state index >= 15 is 0 Å². The maximum atomic E-state index is 4.47. The molecule has 1 aromatic carbocycles. The fraction of sp³-hybridized carbons (Fsp3) is 0.350. The molecule has 0 unspecified atom stereocenters. The number of benzene rings is 1. The van der Waals surface area contributed by atoms with Gasteiger partial charge in [-0.05, 0) is 62.4 Å². The molecule has 2 heteroatoms. The molecule has 2 nitrogen and oxygen atoms in total. The Morgan fingerprint density at radius 3 is 2.86 bits per heavy atom. The SMILES string of the molecule is Cc1ccc2c(c1)c1c(n2CCc2ccccn2)CCCC1. The van der Waals surface area contributed by atoms with Gasteiger partial charge in [0.15, 0.2) is 0 Å². The molecule has 2 aromatic heterocycles. The van der Waals surface area contributed by atoms with E-state index in [0.717, 1.165) is 13.0 Å². The second-order valence-corrected chi connectivity index (χ2v) is 6.38. The van der Waals surface area contributed by atoms with Crippen LogP contribution in [-0.2, 0) is 25.8 Å². The summed E-state index contributed by atoms with van der Waals surface area (Å²) in [6, 6.07) is 13.1. The molecule has 4 rings (SSSR count). The van der Waals surface area contributed by atoms with Crippen LogP contribution in [0.1, 0.15) is 35.4 Å². The molecule has 0 bridgehead atoms. The predicted molar refractivity (Wildman–Crippen MR) is 91.3 cm³/mol. The van der Waals surface area contributed by atoms with Gasteiger partial charge in [0.05, 0.1) is 0 Å². The van der Waals surface area contributed by atoms with Crippen LogP contribution in [0.15, 0.2) is 42.6 Å². The number of hydrogen-bond donors (Lipinski definition) is 0. The highest BCUT2D eigenvalue weighted by Crippen LogP contribution is 2.32. The minimum atomic E-state index is 1.00. The van der Waals surface area contributed by atoms with Gasteiger partial charge in [-0.3, -0.25) is 4.98 Å². The van der Waals surface area contributed by atoms with Crippen LogP contribution in [0.2, 0.25) is 0 Å². The van der Waals surface area contributed by atoms with Gasteiger partial charge in [0, 0.05) is 41.5 Å². The normalized spacial score (nSPS) is 14.2. The van der Waals surface area contributed by atoms with E-state index in [4.69, 9.17) is 0 Å². The Bertz CT molecular complexity index is 799. The average molecular weight is 290 g/mol. The molecule has 3 aromatic rings. The standard InChI is InChI=1S/C20H22N2/c1-15-9-10-20-18(14-15)17-7-2-3-8-19(17)22(20)13-11-16-6-4-5-12-21-16/h4-6,9-10,12,14H,2-3,7-8,11,13H2,1H3. The topological polar surface area (TPSA) is 17.8 Å². The molecule has 2 heterocycles. The van der Waals surface area contributed by atoms with Crippen LogP contribution in [0.5, 0.6) is 0 Å². The molecule has 0 spiro atoms. The lowest BCUT2D eigenvalue weighted by atomic mass is 9.95. The quantitative estimate of drug-likeness (QED) is 0.696. The van der Waals surface area contributed by atoms with Gasteiger partial charge in [-0.2, -0.15) is 0 Å². The maximum Gasteiger partial charge on any atom is 0.0485 e.